The number of rotatable bonds is 4. The van der Waals surface area contributed by atoms with Crippen LogP contribution in [0.5, 0.6) is 0 Å². The Hall–Kier alpha value is -1.59. The van der Waals surface area contributed by atoms with Gasteiger partial charge in [0.05, 0.1) is 32.0 Å². The molecule has 1 aromatic rings. The van der Waals surface area contributed by atoms with E-state index < -0.39 is 5.60 Å². The van der Waals surface area contributed by atoms with Crippen LogP contribution < -0.4 is 0 Å². The van der Waals surface area contributed by atoms with Gasteiger partial charge in [-0.15, -0.1) is 0 Å². The third-order valence-corrected chi connectivity index (χ3v) is 3.72. The van der Waals surface area contributed by atoms with E-state index in [0.717, 1.165) is 12.0 Å². The van der Waals surface area contributed by atoms with E-state index >= 15 is 0 Å². The van der Waals surface area contributed by atoms with Crippen LogP contribution in [0.1, 0.15) is 39.7 Å². The first-order valence-corrected chi connectivity index (χ1v) is 8.58. The number of hydrogen-bond acceptors (Lipinski definition) is 4. The fourth-order valence-electron chi connectivity index (χ4n) is 2.58. The fraction of sp³-hybridized carbons (Fsp3) is 0.632. The molecule has 1 aromatic carbocycles. The molecule has 0 radical (unpaired) electrons. The summed E-state index contributed by atoms with van der Waals surface area (Å²) in [5, 5.41) is 0. The summed E-state index contributed by atoms with van der Waals surface area (Å²) in [7, 11) is 0. The van der Waals surface area contributed by atoms with Crippen molar-refractivity contribution in [2.24, 2.45) is 0 Å². The molecule has 1 aliphatic heterocycles. The van der Waals surface area contributed by atoms with Crippen molar-refractivity contribution in [2.75, 3.05) is 19.7 Å². The highest BCUT2D eigenvalue weighted by atomic mass is 16.6. The Morgan fingerprint density at radius 3 is 2.67 bits per heavy atom. The van der Waals surface area contributed by atoms with Gasteiger partial charge < -0.3 is 19.1 Å². The Morgan fingerprint density at radius 2 is 2.00 bits per heavy atom. The van der Waals surface area contributed by atoms with Crippen molar-refractivity contribution >= 4 is 6.09 Å². The molecule has 1 heterocycles. The first-order chi connectivity index (χ1) is 11.3. The van der Waals surface area contributed by atoms with Gasteiger partial charge in [-0.25, -0.2) is 4.79 Å². The Morgan fingerprint density at radius 1 is 1.29 bits per heavy atom. The average molecular weight is 335 g/mol. The first kappa shape index (κ1) is 18.7. The van der Waals surface area contributed by atoms with Gasteiger partial charge in [-0.2, -0.15) is 0 Å². The zero-order chi connectivity index (χ0) is 17.6. The summed E-state index contributed by atoms with van der Waals surface area (Å²) in [6.07, 6.45) is 0.476. The quantitative estimate of drug-likeness (QED) is 0.843. The molecule has 0 saturated carbocycles. The van der Waals surface area contributed by atoms with E-state index in [0.29, 0.717) is 26.3 Å². The number of ether oxygens (including phenoxy) is 3. The van der Waals surface area contributed by atoms with Crippen LogP contribution in [0.3, 0.4) is 0 Å². The molecule has 0 aromatic heterocycles. The molecule has 134 valence electrons. The fourth-order valence-corrected chi connectivity index (χ4v) is 2.58. The lowest BCUT2D eigenvalue weighted by molar-refractivity contribution is -0.0524. The lowest BCUT2D eigenvalue weighted by Gasteiger charge is -2.27. The summed E-state index contributed by atoms with van der Waals surface area (Å²) < 4.78 is 17.3. The lowest BCUT2D eigenvalue weighted by atomic mass is 10.2. The highest BCUT2D eigenvalue weighted by Crippen LogP contribution is 2.16. The number of amides is 1. The Bertz CT molecular complexity index is 512. The molecular formula is C19H29NO4. The summed E-state index contributed by atoms with van der Waals surface area (Å²) in [5.74, 6) is 0. The molecule has 1 amide bonds. The smallest absolute Gasteiger partial charge is 0.410 e. The molecule has 5 nitrogen and oxygen atoms in total. The standard InChI is InChI=1S/C19H29NO4/c1-15-10-11-20(18(21)24-19(2,3)4)12-17(23-15)14-22-13-16-8-6-5-7-9-16/h5-9,15,17H,10-14H2,1-4H3/t15?,17-/m1/s1. The van der Waals surface area contributed by atoms with Gasteiger partial charge in [0, 0.05) is 6.54 Å². The third-order valence-electron chi connectivity index (χ3n) is 3.72. The van der Waals surface area contributed by atoms with Crippen molar-refractivity contribution in [2.45, 2.75) is 58.5 Å². The average Bonchev–Trinajstić information content (AvgIpc) is 2.68. The summed E-state index contributed by atoms with van der Waals surface area (Å²) in [4.78, 5) is 14.0. The van der Waals surface area contributed by atoms with Gasteiger partial charge in [-0.3, -0.25) is 0 Å². The minimum absolute atomic E-state index is 0.0998. The monoisotopic (exact) mass is 335 g/mol. The van der Waals surface area contributed by atoms with Gasteiger partial charge in [-0.05, 0) is 39.7 Å². The first-order valence-electron chi connectivity index (χ1n) is 8.58. The molecule has 24 heavy (non-hydrogen) atoms. The number of carbonyl (C=O) groups excluding carboxylic acids is 1. The summed E-state index contributed by atoms with van der Waals surface area (Å²) in [6, 6.07) is 10.0. The zero-order valence-electron chi connectivity index (χ0n) is 15.2. The van der Waals surface area contributed by atoms with Gasteiger partial charge >= 0.3 is 6.09 Å². The van der Waals surface area contributed by atoms with E-state index in [1.165, 1.54) is 0 Å². The maximum atomic E-state index is 12.3. The molecule has 1 fully saturated rings. The van der Waals surface area contributed by atoms with Crippen LogP contribution in [0.2, 0.25) is 0 Å². The van der Waals surface area contributed by atoms with E-state index in [4.69, 9.17) is 14.2 Å². The number of hydrogen-bond donors (Lipinski definition) is 0. The van der Waals surface area contributed by atoms with E-state index in [1.807, 2.05) is 58.0 Å². The van der Waals surface area contributed by atoms with Crippen molar-refractivity contribution in [3.63, 3.8) is 0 Å². The van der Waals surface area contributed by atoms with Crippen molar-refractivity contribution in [1.29, 1.82) is 0 Å². The molecule has 0 aliphatic carbocycles. The summed E-state index contributed by atoms with van der Waals surface area (Å²) >= 11 is 0. The van der Waals surface area contributed by atoms with Gasteiger partial charge in [0.1, 0.15) is 5.60 Å². The number of nitrogens with zero attached hydrogens (tertiary/aromatic N) is 1. The topological polar surface area (TPSA) is 48.0 Å². The van der Waals surface area contributed by atoms with Crippen LogP contribution >= 0.6 is 0 Å². The normalized spacial score (nSPS) is 22.1. The lowest BCUT2D eigenvalue weighted by Crippen LogP contribution is -2.41. The minimum atomic E-state index is -0.491. The van der Waals surface area contributed by atoms with Gasteiger partial charge in [0.15, 0.2) is 0 Å². The molecule has 5 heteroatoms. The summed E-state index contributed by atoms with van der Waals surface area (Å²) in [6.45, 7) is 9.80. The van der Waals surface area contributed by atoms with Crippen molar-refractivity contribution in [3.05, 3.63) is 35.9 Å². The minimum Gasteiger partial charge on any atom is -0.444 e. The van der Waals surface area contributed by atoms with Crippen LogP contribution in [0, 0.1) is 0 Å². The van der Waals surface area contributed by atoms with Crippen molar-refractivity contribution in [3.8, 4) is 0 Å². The Kier molecular flexibility index (Phi) is 6.63. The van der Waals surface area contributed by atoms with Crippen LogP contribution in [0.15, 0.2) is 30.3 Å². The highest BCUT2D eigenvalue weighted by molar-refractivity contribution is 5.68. The van der Waals surface area contributed by atoms with E-state index in [1.54, 1.807) is 4.90 Å². The zero-order valence-corrected chi connectivity index (χ0v) is 15.2. The Labute approximate surface area is 144 Å². The molecule has 1 aliphatic rings. The van der Waals surface area contributed by atoms with Crippen LogP contribution in [-0.2, 0) is 20.8 Å². The van der Waals surface area contributed by atoms with E-state index in [2.05, 4.69) is 0 Å². The highest BCUT2D eigenvalue weighted by Gasteiger charge is 2.29. The van der Waals surface area contributed by atoms with E-state index in [9.17, 15) is 4.79 Å². The number of benzene rings is 1. The van der Waals surface area contributed by atoms with Crippen molar-refractivity contribution < 1.29 is 19.0 Å². The van der Waals surface area contributed by atoms with Crippen LogP contribution in [-0.4, -0.2) is 48.5 Å². The third kappa shape index (κ3) is 6.49. The molecule has 2 rings (SSSR count). The van der Waals surface area contributed by atoms with E-state index in [-0.39, 0.29) is 18.3 Å². The molecule has 0 bridgehead atoms. The molecular weight excluding hydrogens is 306 g/mol. The summed E-state index contributed by atoms with van der Waals surface area (Å²) in [5.41, 5.74) is 0.637. The molecule has 1 saturated heterocycles. The molecule has 2 atom stereocenters. The van der Waals surface area contributed by atoms with Crippen LogP contribution in [0.4, 0.5) is 4.79 Å². The number of carbonyl (C=O) groups is 1. The van der Waals surface area contributed by atoms with Crippen LogP contribution in [0.25, 0.3) is 0 Å². The Balaban J connectivity index is 1.87. The maximum absolute atomic E-state index is 12.3. The molecule has 0 spiro atoms. The molecule has 1 unspecified atom stereocenters. The predicted molar refractivity (Wildman–Crippen MR) is 92.9 cm³/mol. The predicted octanol–water partition coefficient (Wildman–Crippen LogP) is 3.62. The van der Waals surface area contributed by atoms with Gasteiger partial charge in [0.25, 0.3) is 0 Å². The second-order valence-corrected chi connectivity index (χ2v) is 7.28. The maximum Gasteiger partial charge on any atom is 0.410 e. The molecule has 0 N–H and O–H groups in total. The second kappa shape index (κ2) is 8.49. The van der Waals surface area contributed by atoms with Gasteiger partial charge in [0.2, 0.25) is 0 Å². The van der Waals surface area contributed by atoms with Gasteiger partial charge in [-0.1, -0.05) is 30.3 Å². The second-order valence-electron chi connectivity index (χ2n) is 7.28. The van der Waals surface area contributed by atoms with Crippen molar-refractivity contribution in [1.82, 2.24) is 4.90 Å². The SMILES string of the molecule is CC1CCN(C(=O)OC(C)(C)C)C[C@H](COCc2ccccc2)O1. The largest absolute Gasteiger partial charge is 0.444 e.